The van der Waals surface area contributed by atoms with E-state index in [1.165, 1.54) is 5.56 Å². The van der Waals surface area contributed by atoms with E-state index in [4.69, 9.17) is 5.73 Å². The van der Waals surface area contributed by atoms with E-state index in [2.05, 4.69) is 16.9 Å². The fourth-order valence-electron chi connectivity index (χ4n) is 4.70. The lowest BCUT2D eigenvalue weighted by molar-refractivity contribution is 0.166. The van der Waals surface area contributed by atoms with Gasteiger partial charge in [0.1, 0.15) is 0 Å². The zero-order valence-electron chi connectivity index (χ0n) is 19.7. The number of hydrogen-bond acceptors (Lipinski definition) is 4. The first kappa shape index (κ1) is 26.5. The third-order valence-electron chi connectivity index (χ3n) is 6.08. The highest BCUT2D eigenvalue weighted by Crippen LogP contribution is 2.42. The highest BCUT2D eigenvalue weighted by molar-refractivity contribution is 7.89. The molecule has 0 amide bonds. The number of nitrogens with two attached hydrogens (primary N) is 1. The van der Waals surface area contributed by atoms with Crippen LogP contribution >= 0.6 is 0 Å². The minimum absolute atomic E-state index is 0.0183. The Kier molecular flexibility index (Phi) is 9.70. The van der Waals surface area contributed by atoms with Crippen molar-refractivity contribution in [1.82, 2.24) is 9.03 Å². The Morgan fingerprint density at radius 2 is 1.68 bits per heavy atom. The second kappa shape index (κ2) is 11.4. The van der Waals surface area contributed by atoms with Crippen molar-refractivity contribution in [1.29, 1.82) is 0 Å². The monoisotopic (exact) mass is 471 g/mol. The molecular formula is C23H41N3O3S2. The first-order valence-corrected chi connectivity index (χ1v) is 14.3. The zero-order valence-corrected chi connectivity index (χ0v) is 21.3. The molecule has 3 N–H and O–H groups in total. The lowest BCUT2D eigenvalue weighted by Crippen LogP contribution is -2.53. The van der Waals surface area contributed by atoms with Crippen molar-refractivity contribution in [3.05, 3.63) is 35.9 Å². The molecule has 0 aliphatic carbocycles. The fourth-order valence-corrected chi connectivity index (χ4v) is 7.40. The van der Waals surface area contributed by atoms with Crippen LogP contribution in [0, 0.1) is 5.92 Å². The molecule has 178 valence electrons. The summed E-state index contributed by atoms with van der Waals surface area (Å²) in [4.78, 5) is 0. The van der Waals surface area contributed by atoms with Crippen molar-refractivity contribution in [3.8, 4) is 0 Å². The lowest BCUT2D eigenvalue weighted by atomic mass is 9.84. The summed E-state index contributed by atoms with van der Waals surface area (Å²) in [7, 11) is -4.47. The largest absolute Gasteiger partial charge is 0.329 e. The third-order valence-corrected chi connectivity index (χ3v) is 9.70. The molecule has 5 atom stereocenters. The molecule has 6 nitrogen and oxygen atoms in total. The van der Waals surface area contributed by atoms with Gasteiger partial charge < -0.3 is 5.73 Å². The van der Waals surface area contributed by atoms with Crippen molar-refractivity contribution in [2.24, 2.45) is 11.7 Å². The maximum Gasteiger partial charge on any atom is 0.215 e. The molecule has 31 heavy (non-hydrogen) atoms. The minimum Gasteiger partial charge on any atom is -0.329 e. The number of rotatable bonds is 8. The van der Waals surface area contributed by atoms with Crippen molar-refractivity contribution < 1.29 is 12.6 Å². The van der Waals surface area contributed by atoms with Gasteiger partial charge in [0.25, 0.3) is 0 Å². The summed E-state index contributed by atoms with van der Waals surface area (Å²) in [6.45, 7) is 10.1. The molecule has 3 rings (SSSR count). The van der Waals surface area contributed by atoms with Crippen LogP contribution in [0.3, 0.4) is 0 Å². The zero-order chi connectivity index (χ0) is 23.2. The number of nitrogens with one attached hydrogen (secondary N) is 1. The molecule has 2 fully saturated rings. The average molecular weight is 472 g/mol. The first-order valence-electron chi connectivity index (χ1n) is 11.5. The second-order valence-electron chi connectivity index (χ2n) is 9.35. The molecule has 2 saturated heterocycles. The van der Waals surface area contributed by atoms with Crippen molar-refractivity contribution >= 4 is 21.0 Å². The molecule has 2 bridgehead atoms. The van der Waals surface area contributed by atoms with Gasteiger partial charge in [-0.05, 0) is 64.4 Å². The number of sulfonamides is 1. The molecule has 2 aliphatic heterocycles. The van der Waals surface area contributed by atoms with Crippen LogP contribution in [0.15, 0.2) is 30.3 Å². The van der Waals surface area contributed by atoms with Crippen molar-refractivity contribution in [2.45, 2.75) is 89.6 Å². The van der Waals surface area contributed by atoms with Crippen LogP contribution in [-0.2, 0) is 27.4 Å². The Labute approximate surface area is 192 Å². The second-order valence-corrected chi connectivity index (χ2v) is 13.3. The third kappa shape index (κ3) is 6.84. The molecule has 1 aromatic rings. The van der Waals surface area contributed by atoms with Crippen LogP contribution in [-0.4, -0.2) is 52.1 Å². The van der Waals surface area contributed by atoms with Gasteiger partial charge in [-0.2, -0.15) is 4.31 Å². The molecule has 0 saturated carbocycles. The average Bonchev–Trinajstić information content (AvgIpc) is 3.00. The quantitative estimate of drug-likeness (QED) is 0.609. The van der Waals surface area contributed by atoms with E-state index in [-0.39, 0.29) is 35.2 Å². The standard InChI is InChI=1S/C21H35N3O3S2.C2H6/c1-21(2,3)28(25)23-20(13-16-7-5-4-6-8-16)17-14-18-9-10-19(15-17)24(18)29(26,27)12-11-22;1-2/h4-8,17-20,23H,9-15,22H2,1-3H3;1-2H3/t17?,18-,19+,20-,28+;/m1./s1. The molecule has 2 aliphatic rings. The summed E-state index contributed by atoms with van der Waals surface area (Å²) in [6, 6.07) is 10.4. The van der Waals surface area contributed by atoms with Gasteiger partial charge in [0, 0.05) is 24.7 Å². The molecule has 2 heterocycles. The number of benzene rings is 1. The van der Waals surface area contributed by atoms with Gasteiger partial charge >= 0.3 is 0 Å². The first-order chi connectivity index (χ1) is 14.6. The van der Waals surface area contributed by atoms with Crippen molar-refractivity contribution in [2.75, 3.05) is 12.3 Å². The van der Waals surface area contributed by atoms with Crippen molar-refractivity contribution in [3.63, 3.8) is 0 Å². The summed E-state index contributed by atoms with van der Waals surface area (Å²) in [6.07, 6.45) is 4.23. The summed E-state index contributed by atoms with van der Waals surface area (Å²) in [5.41, 5.74) is 6.75. The molecule has 0 spiro atoms. The lowest BCUT2D eigenvalue weighted by Gasteiger charge is -2.41. The number of piperidine rings is 1. The summed E-state index contributed by atoms with van der Waals surface area (Å²) < 4.78 is 43.1. The van der Waals surface area contributed by atoms with E-state index in [9.17, 15) is 12.6 Å². The topological polar surface area (TPSA) is 92.5 Å². The van der Waals surface area contributed by atoms with Crippen LogP contribution in [0.1, 0.15) is 65.9 Å². The Balaban J connectivity index is 0.00000166. The predicted molar refractivity (Wildman–Crippen MR) is 131 cm³/mol. The van der Waals surface area contributed by atoms with Gasteiger partial charge in [-0.1, -0.05) is 44.2 Å². The SMILES string of the molecule is CC.CC(C)(C)[S@](=O)N[C@H](Cc1ccccc1)C1C[C@H]2CC[C@@H](C1)N2S(=O)(=O)CCN. The van der Waals surface area contributed by atoms with Crippen LogP contribution < -0.4 is 10.5 Å². The van der Waals surface area contributed by atoms with Gasteiger partial charge in [0.2, 0.25) is 10.0 Å². The van der Waals surface area contributed by atoms with Crippen LogP contribution in [0.5, 0.6) is 0 Å². The summed E-state index contributed by atoms with van der Waals surface area (Å²) >= 11 is 0. The highest BCUT2D eigenvalue weighted by Gasteiger charge is 2.48. The smallest absolute Gasteiger partial charge is 0.215 e. The Bertz CT molecular complexity index is 795. The van der Waals surface area contributed by atoms with Gasteiger partial charge in [-0.3, -0.25) is 0 Å². The van der Waals surface area contributed by atoms with Crippen LogP contribution in [0.4, 0.5) is 0 Å². The van der Waals surface area contributed by atoms with E-state index in [0.29, 0.717) is 5.92 Å². The minimum atomic E-state index is -3.30. The highest BCUT2D eigenvalue weighted by atomic mass is 32.2. The molecule has 1 aromatic carbocycles. The molecule has 8 heteroatoms. The normalized spacial score (nSPS) is 26.1. The van der Waals surface area contributed by atoms with E-state index in [1.807, 2.05) is 52.8 Å². The Morgan fingerprint density at radius 1 is 1.13 bits per heavy atom. The predicted octanol–water partition coefficient (Wildman–Crippen LogP) is 3.21. The maximum atomic E-state index is 12.9. The molecule has 1 unspecified atom stereocenters. The van der Waals surface area contributed by atoms with Gasteiger partial charge in [0.05, 0.1) is 21.5 Å². The van der Waals surface area contributed by atoms with E-state index >= 15 is 0 Å². The number of fused-ring (bicyclic) bond motifs is 2. The number of hydrogen-bond donors (Lipinski definition) is 2. The number of nitrogens with zero attached hydrogens (tertiary/aromatic N) is 1. The molecular weight excluding hydrogens is 430 g/mol. The Hall–Kier alpha value is -0.800. The van der Waals surface area contributed by atoms with Crippen LogP contribution in [0.25, 0.3) is 0 Å². The van der Waals surface area contributed by atoms with E-state index < -0.39 is 21.0 Å². The van der Waals surface area contributed by atoms with Gasteiger partial charge in [0.15, 0.2) is 0 Å². The molecule has 0 aromatic heterocycles. The van der Waals surface area contributed by atoms with Gasteiger partial charge in [-0.15, -0.1) is 0 Å². The fraction of sp³-hybridized carbons (Fsp3) is 0.739. The Morgan fingerprint density at radius 3 is 2.16 bits per heavy atom. The van der Waals surface area contributed by atoms with Crippen LogP contribution in [0.2, 0.25) is 0 Å². The molecule has 0 radical (unpaired) electrons. The van der Waals surface area contributed by atoms with E-state index in [0.717, 1.165) is 32.1 Å². The van der Waals surface area contributed by atoms with E-state index in [1.54, 1.807) is 4.31 Å². The summed E-state index contributed by atoms with van der Waals surface area (Å²) in [5, 5.41) is 0. The summed E-state index contributed by atoms with van der Waals surface area (Å²) in [5.74, 6) is 0.313. The van der Waals surface area contributed by atoms with Gasteiger partial charge in [-0.25, -0.2) is 17.3 Å². The maximum absolute atomic E-state index is 12.9.